The van der Waals surface area contributed by atoms with Crippen LogP contribution in [-0.2, 0) is 0 Å². The van der Waals surface area contributed by atoms with Gasteiger partial charge in [-0.1, -0.05) is 36.2 Å². The lowest BCUT2D eigenvalue weighted by molar-refractivity contribution is 0.0590. The summed E-state index contributed by atoms with van der Waals surface area (Å²) in [6.07, 6.45) is 7.72. The monoisotopic (exact) mass is 455 g/mol. The molecule has 6 nitrogen and oxygen atoms in total. The van der Waals surface area contributed by atoms with Gasteiger partial charge in [-0.15, -0.1) is 0 Å². The molecule has 5 rings (SSSR count). The summed E-state index contributed by atoms with van der Waals surface area (Å²) in [5.74, 6) is 0.822. The van der Waals surface area contributed by atoms with E-state index in [1.807, 2.05) is 47.4 Å². The fourth-order valence-electron chi connectivity index (χ4n) is 5.17. The molecule has 176 valence electrons. The largest absolute Gasteiger partial charge is 0.340 e. The highest BCUT2D eigenvalue weighted by atomic mass is 16.2. The van der Waals surface area contributed by atoms with Crippen molar-refractivity contribution in [2.75, 3.05) is 31.5 Å². The number of amides is 1. The maximum absolute atomic E-state index is 13.2. The summed E-state index contributed by atoms with van der Waals surface area (Å²) in [6, 6.07) is 18.6. The molecular weight excluding hydrogens is 422 g/mol. The molecule has 2 aromatic carbocycles. The first kappa shape index (κ1) is 22.5. The number of benzene rings is 2. The van der Waals surface area contributed by atoms with Crippen LogP contribution in [0.5, 0.6) is 0 Å². The molecule has 2 aliphatic rings. The summed E-state index contributed by atoms with van der Waals surface area (Å²) in [5, 5.41) is 3.35. The van der Waals surface area contributed by atoms with Crippen LogP contribution in [0.25, 0.3) is 11.3 Å². The Morgan fingerprint density at radius 1 is 0.912 bits per heavy atom. The minimum atomic E-state index is 0.115. The van der Waals surface area contributed by atoms with Gasteiger partial charge in [-0.05, 0) is 70.0 Å². The van der Waals surface area contributed by atoms with E-state index in [-0.39, 0.29) is 5.91 Å². The van der Waals surface area contributed by atoms with Gasteiger partial charge >= 0.3 is 0 Å². The third kappa shape index (κ3) is 5.28. The number of carbonyl (C=O) groups excluding carboxylic acids is 1. The second-order valence-corrected chi connectivity index (χ2v) is 9.48. The number of aryl methyl sites for hydroxylation is 1. The zero-order valence-corrected chi connectivity index (χ0v) is 19.9. The van der Waals surface area contributed by atoms with Crippen LogP contribution in [0.4, 0.5) is 11.5 Å². The van der Waals surface area contributed by atoms with Crippen molar-refractivity contribution >= 4 is 17.4 Å². The van der Waals surface area contributed by atoms with E-state index in [0.717, 1.165) is 48.4 Å². The maximum atomic E-state index is 13.2. The van der Waals surface area contributed by atoms with E-state index in [4.69, 9.17) is 0 Å². The summed E-state index contributed by atoms with van der Waals surface area (Å²) in [5.41, 5.74) is 4.68. The molecule has 2 aliphatic heterocycles. The second kappa shape index (κ2) is 10.3. The molecule has 0 spiro atoms. The fourth-order valence-corrected chi connectivity index (χ4v) is 5.17. The van der Waals surface area contributed by atoms with Crippen molar-refractivity contribution in [3.63, 3.8) is 0 Å². The van der Waals surface area contributed by atoms with Crippen LogP contribution in [0.2, 0.25) is 0 Å². The van der Waals surface area contributed by atoms with Crippen molar-refractivity contribution in [3.8, 4) is 11.3 Å². The molecule has 2 fully saturated rings. The van der Waals surface area contributed by atoms with Crippen LogP contribution in [0.15, 0.2) is 60.9 Å². The zero-order chi connectivity index (χ0) is 23.3. The zero-order valence-electron chi connectivity index (χ0n) is 19.9. The predicted octanol–water partition coefficient (Wildman–Crippen LogP) is 5.29. The van der Waals surface area contributed by atoms with Gasteiger partial charge in [0, 0.05) is 42.0 Å². The van der Waals surface area contributed by atoms with Gasteiger partial charge in [0.15, 0.2) is 0 Å². The Morgan fingerprint density at radius 3 is 2.50 bits per heavy atom. The smallest absolute Gasteiger partial charge is 0.253 e. The van der Waals surface area contributed by atoms with Crippen LogP contribution >= 0.6 is 0 Å². The number of likely N-dealkylation sites (tertiary alicyclic amines) is 2. The molecule has 6 heteroatoms. The summed E-state index contributed by atoms with van der Waals surface area (Å²) >= 11 is 0. The van der Waals surface area contributed by atoms with Crippen molar-refractivity contribution < 1.29 is 4.79 Å². The quantitative estimate of drug-likeness (QED) is 0.567. The molecular formula is C28H33N5O. The highest BCUT2D eigenvalue weighted by Gasteiger charge is 2.28. The number of hydrogen-bond acceptors (Lipinski definition) is 5. The number of anilines is 2. The number of aromatic nitrogens is 2. The predicted molar refractivity (Wildman–Crippen MR) is 136 cm³/mol. The first-order valence-electron chi connectivity index (χ1n) is 12.5. The van der Waals surface area contributed by atoms with E-state index < -0.39 is 0 Å². The molecule has 3 aromatic rings. The van der Waals surface area contributed by atoms with Crippen LogP contribution in [0.1, 0.15) is 48.0 Å². The number of piperidine rings is 2. The Hall–Kier alpha value is -3.25. The average Bonchev–Trinajstić information content (AvgIpc) is 2.89. The van der Waals surface area contributed by atoms with Crippen LogP contribution in [0, 0.1) is 6.92 Å². The summed E-state index contributed by atoms with van der Waals surface area (Å²) in [6.45, 7) is 6.19. The fraction of sp³-hybridized carbons (Fsp3) is 0.393. The summed E-state index contributed by atoms with van der Waals surface area (Å²) in [4.78, 5) is 26.7. The van der Waals surface area contributed by atoms with Gasteiger partial charge in [0.25, 0.3) is 5.91 Å². The lowest BCUT2D eigenvalue weighted by Crippen LogP contribution is -2.48. The van der Waals surface area contributed by atoms with Crippen molar-refractivity contribution in [1.82, 2.24) is 19.8 Å². The van der Waals surface area contributed by atoms with Gasteiger partial charge in [0.05, 0.1) is 5.69 Å². The molecule has 1 amide bonds. The number of rotatable bonds is 5. The van der Waals surface area contributed by atoms with Crippen LogP contribution in [-0.4, -0.2) is 57.9 Å². The van der Waals surface area contributed by atoms with Gasteiger partial charge in [0.2, 0.25) is 0 Å². The number of nitrogens with zero attached hydrogens (tertiary/aromatic N) is 4. The second-order valence-electron chi connectivity index (χ2n) is 9.48. The molecule has 0 unspecified atom stereocenters. The highest BCUT2D eigenvalue weighted by molar-refractivity contribution is 5.95. The lowest BCUT2D eigenvalue weighted by Gasteiger charge is -2.40. The highest BCUT2D eigenvalue weighted by Crippen LogP contribution is 2.25. The molecule has 2 saturated heterocycles. The van der Waals surface area contributed by atoms with Gasteiger partial charge in [-0.2, -0.15) is 0 Å². The minimum absolute atomic E-state index is 0.115. The first-order valence-corrected chi connectivity index (χ1v) is 12.5. The molecule has 0 atom stereocenters. The normalized spacial score (nSPS) is 17.5. The topological polar surface area (TPSA) is 61.4 Å². The summed E-state index contributed by atoms with van der Waals surface area (Å²) in [7, 11) is 0. The van der Waals surface area contributed by atoms with E-state index in [1.54, 1.807) is 6.33 Å². The molecule has 3 heterocycles. The molecule has 0 saturated carbocycles. The third-order valence-electron chi connectivity index (χ3n) is 7.02. The molecule has 1 aromatic heterocycles. The Labute approximate surface area is 202 Å². The van der Waals surface area contributed by atoms with Crippen molar-refractivity contribution in [1.29, 1.82) is 0 Å². The SMILES string of the molecule is Cc1cccc(-c2cc(Nc3cccc(C(=O)N4CCC(N5CCCCC5)CC4)c3)ncn2)c1. The standard InChI is InChI=1S/C28H33N5O/c1-21-7-5-8-22(17-21)26-19-27(30-20-29-26)31-24-10-6-9-23(18-24)28(34)33-15-11-25(12-16-33)32-13-3-2-4-14-32/h5-10,17-20,25H,2-4,11-16H2,1H3,(H,29,30,31). The Morgan fingerprint density at radius 2 is 1.71 bits per heavy atom. The lowest BCUT2D eigenvalue weighted by atomic mass is 9.99. The average molecular weight is 456 g/mol. The van der Waals surface area contributed by atoms with E-state index in [0.29, 0.717) is 11.9 Å². The minimum Gasteiger partial charge on any atom is -0.340 e. The molecule has 34 heavy (non-hydrogen) atoms. The van der Waals surface area contributed by atoms with Crippen LogP contribution in [0.3, 0.4) is 0 Å². The van der Waals surface area contributed by atoms with E-state index >= 15 is 0 Å². The van der Waals surface area contributed by atoms with Crippen LogP contribution < -0.4 is 5.32 Å². The van der Waals surface area contributed by atoms with E-state index in [2.05, 4.69) is 39.2 Å². The van der Waals surface area contributed by atoms with Gasteiger partial charge in [-0.3, -0.25) is 4.79 Å². The van der Waals surface area contributed by atoms with Crippen molar-refractivity contribution in [2.24, 2.45) is 0 Å². The molecule has 0 radical (unpaired) electrons. The van der Waals surface area contributed by atoms with Crippen molar-refractivity contribution in [3.05, 3.63) is 72.1 Å². The number of nitrogens with one attached hydrogen (secondary N) is 1. The molecule has 1 N–H and O–H groups in total. The number of carbonyl (C=O) groups is 1. The van der Waals surface area contributed by atoms with Gasteiger partial charge in [-0.25, -0.2) is 9.97 Å². The first-order chi connectivity index (χ1) is 16.7. The van der Waals surface area contributed by atoms with Gasteiger partial charge < -0.3 is 15.1 Å². The van der Waals surface area contributed by atoms with E-state index in [9.17, 15) is 4.79 Å². The number of hydrogen-bond donors (Lipinski definition) is 1. The Bertz CT molecular complexity index is 1130. The maximum Gasteiger partial charge on any atom is 0.253 e. The summed E-state index contributed by atoms with van der Waals surface area (Å²) < 4.78 is 0. The van der Waals surface area contributed by atoms with Crippen molar-refractivity contribution in [2.45, 2.75) is 45.1 Å². The van der Waals surface area contributed by atoms with E-state index in [1.165, 1.54) is 37.9 Å². The Balaban J connectivity index is 1.23. The molecule has 0 aliphatic carbocycles. The van der Waals surface area contributed by atoms with Gasteiger partial charge in [0.1, 0.15) is 12.1 Å². The molecule has 0 bridgehead atoms. The Kier molecular flexibility index (Phi) is 6.86. The third-order valence-corrected chi connectivity index (χ3v) is 7.02.